The third-order valence-electron chi connectivity index (χ3n) is 1.76. The molecule has 0 spiro atoms. The van der Waals surface area contributed by atoms with Gasteiger partial charge >= 0.3 is 0 Å². The summed E-state index contributed by atoms with van der Waals surface area (Å²) >= 11 is 11.5. The van der Waals surface area contributed by atoms with Gasteiger partial charge in [-0.05, 0) is 18.6 Å². The monoisotopic (exact) mass is 227 g/mol. The van der Waals surface area contributed by atoms with Crippen LogP contribution in [0.5, 0.6) is 0 Å². The summed E-state index contributed by atoms with van der Waals surface area (Å²) in [7, 11) is 0. The van der Waals surface area contributed by atoms with Gasteiger partial charge in [-0.2, -0.15) is 5.10 Å². The number of hydrogen-bond donors (Lipinski definition) is 0. The predicted octanol–water partition coefficient (Wildman–Crippen LogP) is 2.88. The average Bonchev–Trinajstić information content (AvgIpc) is 2.48. The second-order valence-electron chi connectivity index (χ2n) is 2.91. The van der Waals surface area contributed by atoms with Gasteiger partial charge in [0.2, 0.25) is 0 Å². The van der Waals surface area contributed by atoms with E-state index in [9.17, 15) is 0 Å². The second-order valence-corrected chi connectivity index (χ2v) is 3.67. The molecule has 0 aliphatic rings. The molecule has 72 valence electrons. The fourth-order valence-corrected chi connectivity index (χ4v) is 1.31. The quantitative estimate of drug-likeness (QED) is 0.751. The molecule has 0 unspecified atom stereocenters. The van der Waals surface area contributed by atoms with Crippen molar-refractivity contribution in [3.63, 3.8) is 0 Å². The Hall–Kier alpha value is -1.06. The first-order valence-electron chi connectivity index (χ1n) is 4.00. The zero-order valence-corrected chi connectivity index (χ0v) is 8.92. The minimum Gasteiger partial charge on any atom is -0.237 e. The minimum absolute atomic E-state index is 0.286. The number of hydrogen-bond acceptors (Lipinski definition) is 2. The molecule has 0 aliphatic heterocycles. The van der Waals surface area contributed by atoms with Gasteiger partial charge in [0, 0.05) is 6.20 Å². The maximum Gasteiger partial charge on any atom is 0.170 e. The molecule has 0 aromatic carbocycles. The van der Waals surface area contributed by atoms with E-state index in [-0.39, 0.29) is 5.15 Å². The molecule has 0 radical (unpaired) electrons. The molecule has 0 amide bonds. The molecule has 0 saturated heterocycles. The van der Waals surface area contributed by atoms with E-state index in [1.54, 1.807) is 17.1 Å². The second kappa shape index (κ2) is 3.59. The standard InChI is InChI=1S/C9H7Cl2N3/c1-6-2-3-8(12-4-6)14-5-7(10)9(11)13-14/h2-5H,1H3. The number of pyridine rings is 1. The lowest BCUT2D eigenvalue weighted by Crippen LogP contribution is -1.97. The Morgan fingerprint density at radius 3 is 2.57 bits per heavy atom. The summed E-state index contributed by atoms with van der Waals surface area (Å²) in [5, 5.41) is 4.71. The number of aryl methyl sites for hydroxylation is 1. The number of nitrogens with zero attached hydrogens (tertiary/aromatic N) is 3. The van der Waals surface area contributed by atoms with Crippen LogP contribution in [0, 0.1) is 6.92 Å². The normalized spacial score (nSPS) is 10.5. The van der Waals surface area contributed by atoms with Crippen molar-refractivity contribution in [3.05, 3.63) is 40.3 Å². The van der Waals surface area contributed by atoms with Crippen LogP contribution in [0.25, 0.3) is 5.82 Å². The molecule has 0 fully saturated rings. The van der Waals surface area contributed by atoms with Gasteiger partial charge < -0.3 is 0 Å². The lowest BCUT2D eigenvalue weighted by Gasteiger charge is -1.98. The fourth-order valence-electron chi connectivity index (χ4n) is 1.04. The van der Waals surface area contributed by atoms with E-state index in [4.69, 9.17) is 23.2 Å². The Kier molecular flexibility index (Phi) is 2.44. The smallest absolute Gasteiger partial charge is 0.170 e. The van der Waals surface area contributed by atoms with Gasteiger partial charge in [-0.3, -0.25) is 0 Å². The van der Waals surface area contributed by atoms with Gasteiger partial charge in [0.1, 0.15) is 0 Å². The Bertz CT molecular complexity index is 428. The Morgan fingerprint density at radius 1 is 1.29 bits per heavy atom. The molecule has 2 aromatic rings. The van der Waals surface area contributed by atoms with Gasteiger partial charge in [0.25, 0.3) is 0 Å². The first kappa shape index (κ1) is 9.49. The van der Waals surface area contributed by atoms with Crippen LogP contribution in [0.1, 0.15) is 5.56 Å². The van der Waals surface area contributed by atoms with E-state index in [0.29, 0.717) is 10.8 Å². The molecule has 0 bridgehead atoms. The molecular weight excluding hydrogens is 221 g/mol. The van der Waals surface area contributed by atoms with Crippen molar-refractivity contribution in [1.29, 1.82) is 0 Å². The summed E-state index contributed by atoms with van der Waals surface area (Å²) in [6, 6.07) is 3.81. The van der Waals surface area contributed by atoms with Crippen LogP contribution in [0.2, 0.25) is 10.2 Å². The molecule has 2 rings (SSSR count). The zero-order valence-electron chi connectivity index (χ0n) is 7.41. The Balaban J connectivity index is 2.44. The van der Waals surface area contributed by atoms with Crippen LogP contribution < -0.4 is 0 Å². The first-order chi connectivity index (χ1) is 6.66. The van der Waals surface area contributed by atoms with Crippen molar-refractivity contribution in [2.45, 2.75) is 6.92 Å². The van der Waals surface area contributed by atoms with Crippen LogP contribution in [-0.4, -0.2) is 14.8 Å². The molecule has 3 nitrogen and oxygen atoms in total. The zero-order chi connectivity index (χ0) is 10.1. The SMILES string of the molecule is Cc1ccc(-n2cc(Cl)c(Cl)n2)nc1. The van der Waals surface area contributed by atoms with E-state index in [1.807, 2.05) is 19.1 Å². The third-order valence-corrected chi connectivity index (χ3v) is 2.41. The van der Waals surface area contributed by atoms with Crippen molar-refractivity contribution >= 4 is 23.2 Å². The highest BCUT2D eigenvalue weighted by Gasteiger charge is 2.05. The highest BCUT2D eigenvalue weighted by atomic mass is 35.5. The summed E-state index contributed by atoms with van der Waals surface area (Å²) in [4.78, 5) is 4.19. The van der Waals surface area contributed by atoms with Gasteiger partial charge in [0.15, 0.2) is 11.0 Å². The average molecular weight is 228 g/mol. The highest BCUT2D eigenvalue weighted by Crippen LogP contribution is 2.20. The number of rotatable bonds is 1. The molecule has 0 N–H and O–H groups in total. The van der Waals surface area contributed by atoms with Crippen LogP contribution in [0.4, 0.5) is 0 Å². The van der Waals surface area contributed by atoms with Crippen molar-refractivity contribution < 1.29 is 0 Å². The van der Waals surface area contributed by atoms with Crippen molar-refractivity contribution in [3.8, 4) is 5.82 Å². The van der Waals surface area contributed by atoms with Crippen LogP contribution in [-0.2, 0) is 0 Å². The van der Waals surface area contributed by atoms with E-state index in [1.165, 1.54) is 0 Å². The Labute approximate surface area is 91.3 Å². The summed E-state index contributed by atoms with van der Waals surface area (Å²) < 4.78 is 1.55. The summed E-state index contributed by atoms with van der Waals surface area (Å²) in [6.07, 6.45) is 3.39. The van der Waals surface area contributed by atoms with Gasteiger partial charge in [-0.15, -0.1) is 0 Å². The molecule has 0 aliphatic carbocycles. The summed E-state index contributed by atoms with van der Waals surface area (Å²) in [6.45, 7) is 1.97. The first-order valence-corrected chi connectivity index (χ1v) is 4.76. The molecule has 14 heavy (non-hydrogen) atoms. The van der Waals surface area contributed by atoms with E-state index < -0.39 is 0 Å². The minimum atomic E-state index is 0.286. The third kappa shape index (κ3) is 1.74. The largest absolute Gasteiger partial charge is 0.237 e. The maximum absolute atomic E-state index is 5.77. The van der Waals surface area contributed by atoms with Crippen LogP contribution in [0.15, 0.2) is 24.5 Å². The number of aromatic nitrogens is 3. The van der Waals surface area contributed by atoms with Gasteiger partial charge in [0.05, 0.1) is 11.2 Å². The molecule has 5 heteroatoms. The van der Waals surface area contributed by atoms with Crippen molar-refractivity contribution in [1.82, 2.24) is 14.8 Å². The predicted molar refractivity (Wildman–Crippen MR) is 56.1 cm³/mol. The molecule has 2 aromatic heterocycles. The lowest BCUT2D eigenvalue weighted by molar-refractivity contribution is 0.846. The molecule has 2 heterocycles. The maximum atomic E-state index is 5.77. The molecule has 0 saturated carbocycles. The number of halogens is 2. The van der Waals surface area contributed by atoms with Crippen molar-refractivity contribution in [2.75, 3.05) is 0 Å². The molecule has 0 atom stereocenters. The van der Waals surface area contributed by atoms with Crippen molar-refractivity contribution in [2.24, 2.45) is 0 Å². The fraction of sp³-hybridized carbons (Fsp3) is 0.111. The van der Waals surface area contributed by atoms with Crippen LogP contribution >= 0.6 is 23.2 Å². The van der Waals surface area contributed by atoms with E-state index in [2.05, 4.69) is 10.1 Å². The summed E-state index contributed by atoms with van der Waals surface area (Å²) in [5.74, 6) is 0.699. The highest BCUT2D eigenvalue weighted by molar-refractivity contribution is 6.41. The van der Waals surface area contributed by atoms with Gasteiger partial charge in [-0.25, -0.2) is 9.67 Å². The lowest BCUT2D eigenvalue weighted by atomic mass is 10.3. The summed E-state index contributed by atoms with van der Waals surface area (Å²) in [5.41, 5.74) is 1.10. The van der Waals surface area contributed by atoms with Crippen LogP contribution in [0.3, 0.4) is 0 Å². The Morgan fingerprint density at radius 2 is 2.07 bits per heavy atom. The van der Waals surface area contributed by atoms with E-state index in [0.717, 1.165) is 5.56 Å². The molecular formula is C9H7Cl2N3. The van der Waals surface area contributed by atoms with Gasteiger partial charge in [-0.1, -0.05) is 29.3 Å². The van der Waals surface area contributed by atoms with E-state index >= 15 is 0 Å². The topological polar surface area (TPSA) is 30.7 Å².